The number of fused-ring (bicyclic) bond motifs is 1. The number of aromatic nitrogens is 2. The molecule has 0 bridgehead atoms. The fourth-order valence-corrected chi connectivity index (χ4v) is 3.27. The molecule has 0 N–H and O–H groups in total. The van der Waals surface area contributed by atoms with Crippen molar-refractivity contribution in [3.8, 4) is 11.5 Å². The van der Waals surface area contributed by atoms with Gasteiger partial charge in [0.25, 0.3) is 0 Å². The van der Waals surface area contributed by atoms with Gasteiger partial charge < -0.3 is 14.0 Å². The van der Waals surface area contributed by atoms with Gasteiger partial charge in [-0.05, 0) is 44.0 Å². The van der Waals surface area contributed by atoms with E-state index in [1.807, 2.05) is 56.3 Å². The highest BCUT2D eigenvalue weighted by Crippen LogP contribution is 2.36. The van der Waals surface area contributed by atoms with Crippen LogP contribution in [0.5, 0.6) is 11.5 Å². The number of hydrogen-bond donors (Lipinski definition) is 0. The fraction of sp³-hybridized carbons (Fsp3) is 0.333. The first kappa shape index (κ1) is 16.6. The molecule has 0 radical (unpaired) electrons. The molecule has 1 aliphatic rings. The molecule has 4 rings (SSSR count). The second-order valence-corrected chi connectivity index (χ2v) is 6.76. The normalized spacial score (nSPS) is 16.2. The Morgan fingerprint density at radius 3 is 2.92 bits per heavy atom. The van der Waals surface area contributed by atoms with Gasteiger partial charge in [0.1, 0.15) is 11.5 Å². The summed E-state index contributed by atoms with van der Waals surface area (Å²) in [6.45, 7) is 4.70. The lowest BCUT2D eigenvalue weighted by Crippen LogP contribution is -2.16. The Balaban J connectivity index is 1.53. The Kier molecular flexibility index (Phi) is 4.61. The molecule has 2 aromatic carbocycles. The zero-order valence-corrected chi connectivity index (χ0v) is 15.0. The van der Waals surface area contributed by atoms with Gasteiger partial charge in [0.05, 0.1) is 25.0 Å². The quantitative estimate of drug-likeness (QED) is 0.684. The van der Waals surface area contributed by atoms with Crippen LogP contribution in [0.4, 0.5) is 0 Å². The minimum atomic E-state index is 0.119. The van der Waals surface area contributed by atoms with Crippen molar-refractivity contribution in [2.75, 3.05) is 6.61 Å². The Labute approximate surface area is 153 Å². The summed E-state index contributed by atoms with van der Waals surface area (Å²) in [5, 5.41) is 4.23. The van der Waals surface area contributed by atoms with E-state index in [1.54, 1.807) is 0 Å². The predicted octanol–water partition coefficient (Wildman–Crippen LogP) is 4.36. The molecule has 5 nitrogen and oxygen atoms in total. The Hall–Kier alpha value is -2.82. The van der Waals surface area contributed by atoms with Crippen LogP contribution < -0.4 is 9.47 Å². The molecule has 1 aromatic heterocycles. The molecule has 3 aromatic rings. The molecule has 1 atom stereocenters. The number of para-hydroxylation sites is 1. The first-order valence-corrected chi connectivity index (χ1v) is 8.99. The minimum absolute atomic E-state index is 0.119. The van der Waals surface area contributed by atoms with Crippen LogP contribution >= 0.6 is 0 Å². The molecular formula is C21H22N2O3. The summed E-state index contributed by atoms with van der Waals surface area (Å²) in [6.07, 6.45) is 1.59. The highest BCUT2D eigenvalue weighted by molar-refractivity contribution is 5.40. The van der Waals surface area contributed by atoms with Crippen molar-refractivity contribution in [3.05, 3.63) is 71.4 Å². The van der Waals surface area contributed by atoms with Gasteiger partial charge >= 0.3 is 0 Å². The average molecular weight is 350 g/mol. The summed E-state index contributed by atoms with van der Waals surface area (Å²) >= 11 is 0. The SMILES string of the molecule is CC(C)Oc1cccc(Cc2nc(C3CCOc4ccccc43)no2)c1. The second-order valence-electron chi connectivity index (χ2n) is 6.76. The van der Waals surface area contributed by atoms with Gasteiger partial charge in [-0.15, -0.1) is 0 Å². The Bertz CT molecular complexity index is 888. The molecule has 26 heavy (non-hydrogen) atoms. The van der Waals surface area contributed by atoms with Crippen molar-refractivity contribution in [2.24, 2.45) is 0 Å². The average Bonchev–Trinajstić information content (AvgIpc) is 3.09. The third-order valence-electron chi connectivity index (χ3n) is 4.38. The number of nitrogens with zero attached hydrogens (tertiary/aromatic N) is 2. The van der Waals surface area contributed by atoms with Crippen LogP contribution in [0.3, 0.4) is 0 Å². The lowest BCUT2D eigenvalue weighted by atomic mass is 9.92. The van der Waals surface area contributed by atoms with Gasteiger partial charge in [0.2, 0.25) is 5.89 Å². The van der Waals surface area contributed by atoms with E-state index in [9.17, 15) is 0 Å². The van der Waals surface area contributed by atoms with Crippen molar-refractivity contribution >= 4 is 0 Å². The van der Waals surface area contributed by atoms with Gasteiger partial charge in [-0.3, -0.25) is 0 Å². The minimum Gasteiger partial charge on any atom is -0.493 e. The molecule has 0 saturated carbocycles. The van der Waals surface area contributed by atoms with Crippen LogP contribution in [0.1, 0.15) is 49.0 Å². The highest BCUT2D eigenvalue weighted by atomic mass is 16.5. The van der Waals surface area contributed by atoms with Crippen molar-refractivity contribution < 1.29 is 14.0 Å². The maximum Gasteiger partial charge on any atom is 0.231 e. The van der Waals surface area contributed by atoms with Crippen LogP contribution in [0.15, 0.2) is 53.1 Å². The van der Waals surface area contributed by atoms with Gasteiger partial charge in [-0.1, -0.05) is 35.5 Å². The summed E-state index contributed by atoms with van der Waals surface area (Å²) in [5.41, 5.74) is 2.21. The van der Waals surface area contributed by atoms with Crippen LogP contribution in [0.25, 0.3) is 0 Å². The van der Waals surface area contributed by atoms with E-state index in [0.717, 1.165) is 34.9 Å². The van der Waals surface area contributed by atoms with Gasteiger partial charge in [0.15, 0.2) is 5.82 Å². The van der Waals surface area contributed by atoms with E-state index in [0.29, 0.717) is 18.9 Å². The zero-order chi connectivity index (χ0) is 17.9. The predicted molar refractivity (Wildman–Crippen MR) is 97.7 cm³/mol. The van der Waals surface area contributed by atoms with Gasteiger partial charge in [0, 0.05) is 5.56 Å². The van der Waals surface area contributed by atoms with Crippen molar-refractivity contribution in [3.63, 3.8) is 0 Å². The monoisotopic (exact) mass is 350 g/mol. The molecule has 0 spiro atoms. The van der Waals surface area contributed by atoms with E-state index in [4.69, 9.17) is 14.0 Å². The van der Waals surface area contributed by atoms with E-state index in [2.05, 4.69) is 16.2 Å². The van der Waals surface area contributed by atoms with Crippen LogP contribution in [0.2, 0.25) is 0 Å². The second kappa shape index (κ2) is 7.20. The lowest BCUT2D eigenvalue weighted by Gasteiger charge is -2.23. The fourth-order valence-electron chi connectivity index (χ4n) is 3.27. The van der Waals surface area contributed by atoms with E-state index >= 15 is 0 Å². The summed E-state index contributed by atoms with van der Waals surface area (Å²) in [4.78, 5) is 4.64. The first-order valence-electron chi connectivity index (χ1n) is 8.99. The number of hydrogen-bond acceptors (Lipinski definition) is 5. The zero-order valence-electron chi connectivity index (χ0n) is 15.0. The largest absolute Gasteiger partial charge is 0.493 e. The molecule has 0 saturated heterocycles. The number of benzene rings is 2. The highest BCUT2D eigenvalue weighted by Gasteiger charge is 2.26. The van der Waals surface area contributed by atoms with Gasteiger partial charge in [-0.2, -0.15) is 4.98 Å². The topological polar surface area (TPSA) is 57.4 Å². The molecule has 5 heteroatoms. The van der Waals surface area contributed by atoms with Crippen LogP contribution in [-0.2, 0) is 6.42 Å². The maximum absolute atomic E-state index is 5.75. The number of rotatable bonds is 5. The van der Waals surface area contributed by atoms with E-state index < -0.39 is 0 Å². The van der Waals surface area contributed by atoms with E-state index in [-0.39, 0.29) is 12.0 Å². The molecule has 2 heterocycles. The standard InChI is InChI=1S/C21H22N2O3/c1-14(2)25-16-7-5-6-15(12-16)13-20-22-21(23-26-20)18-10-11-24-19-9-4-3-8-17(18)19/h3-9,12,14,18H,10-11,13H2,1-2H3. The van der Waals surface area contributed by atoms with Crippen molar-refractivity contribution in [2.45, 2.75) is 38.7 Å². The molecular weight excluding hydrogens is 328 g/mol. The number of ether oxygens (including phenoxy) is 2. The first-order chi connectivity index (χ1) is 12.7. The molecule has 134 valence electrons. The summed E-state index contributed by atoms with van der Waals surface area (Å²) < 4.78 is 17.0. The van der Waals surface area contributed by atoms with E-state index in [1.165, 1.54) is 0 Å². The van der Waals surface area contributed by atoms with Crippen LogP contribution in [-0.4, -0.2) is 22.9 Å². The van der Waals surface area contributed by atoms with Crippen LogP contribution in [0, 0.1) is 0 Å². The summed E-state index contributed by atoms with van der Waals surface area (Å²) in [5.74, 6) is 3.23. The van der Waals surface area contributed by atoms with Crippen molar-refractivity contribution in [1.82, 2.24) is 10.1 Å². The Morgan fingerprint density at radius 2 is 2.04 bits per heavy atom. The molecule has 0 fully saturated rings. The summed E-state index contributed by atoms with van der Waals surface area (Å²) in [6, 6.07) is 16.1. The maximum atomic E-state index is 5.75. The smallest absolute Gasteiger partial charge is 0.231 e. The molecule has 1 unspecified atom stereocenters. The molecule has 0 amide bonds. The Morgan fingerprint density at radius 1 is 1.15 bits per heavy atom. The van der Waals surface area contributed by atoms with Gasteiger partial charge in [-0.25, -0.2) is 0 Å². The lowest BCUT2D eigenvalue weighted by molar-refractivity contribution is 0.242. The summed E-state index contributed by atoms with van der Waals surface area (Å²) in [7, 11) is 0. The van der Waals surface area contributed by atoms with Crippen molar-refractivity contribution in [1.29, 1.82) is 0 Å². The molecule has 1 aliphatic heterocycles. The third kappa shape index (κ3) is 3.57. The third-order valence-corrected chi connectivity index (χ3v) is 4.38. The molecule has 0 aliphatic carbocycles.